The Labute approximate surface area is 92.1 Å². The number of hydrogen-bond donors (Lipinski definition) is 2. The van der Waals surface area contributed by atoms with Gasteiger partial charge in [0.1, 0.15) is 0 Å². The monoisotopic (exact) mass is 220 g/mol. The van der Waals surface area contributed by atoms with Crippen LogP contribution in [-0.4, -0.2) is 15.3 Å². The molecule has 0 unspecified atom stereocenters. The van der Waals surface area contributed by atoms with E-state index in [4.69, 9.17) is 0 Å². The number of nitrogens with one attached hydrogen (secondary N) is 1. The molecule has 1 heterocycles. The molecule has 0 aliphatic carbocycles. The van der Waals surface area contributed by atoms with Crippen LogP contribution < -0.4 is 0 Å². The number of aromatic hydroxyl groups is 1. The van der Waals surface area contributed by atoms with Crippen molar-refractivity contribution in [1.82, 2.24) is 10.2 Å². The highest BCUT2D eigenvalue weighted by molar-refractivity contribution is 6.08. The lowest BCUT2D eigenvalue weighted by Gasteiger charge is -1.97. The lowest BCUT2D eigenvalue weighted by molar-refractivity contribution is 0.457. The molecule has 1 aromatic heterocycles. The van der Waals surface area contributed by atoms with Gasteiger partial charge in [0.15, 0.2) is 0 Å². The molecule has 3 aromatic rings. The number of hydrogen-bond acceptors (Lipinski definition) is 2. The first-order chi connectivity index (χ1) is 6.86. The predicted octanol–water partition coefficient (Wildman–Crippen LogP) is 2.84. The van der Waals surface area contributed by atoms with E-state index in [0.717, 1.165) is 21.7 Å². The zero-order valence-corrected chi connectivity index (χ0v) is 8.58. The van der Waals surface area contributed by atoms with Crippen LogP contribution in [0.15, 0.2) is 36.4 Å². The highest BCUT2D eigenvalue weighted by atomic mass is 35.5. The average Bonchev–Trinajstić information content (AvgIpc) is 2.61. The first kappa shape index (κ1) is 9.80. The average molecular weight is 221 g/mol. The predicted molar refractivity (Wildman–Crippen MR) is 62.5 cm³/mol. The minimum atomic E-state index is 0. The van der Waals surface area contributed by atoms with E-state index in [-0.39, 0.29) is 18.3 Å². The van der Waals surface area contributed by atoms with Gasteiger partial charge in [-0.15, -0.1) is 17.5 Å². The normalized spacial score (nSPS) is 10.4. The number of rotatable bonds is 0. The summed E-state index contributed by atoms with van der Waals surface area (Å²) in [6, 6.07) is 11.9. The molecule has 76 valence electrons. The second-order valence-electron chi connectivity index (χ2n) is 3.26. The van der Waals surface area contributed by atoms with Crippen molar-refractivity contribution >= 4 is 34.1 Å². The molecule has 4 heteroatoms. The van der Waals surface area contributed by atoms with Crippen molar-refractivity contribution < 1.29 is 5.11 Å². The summed E-state index contributed by atoms with van der Waals surface area (Å²) in [4.78, 5) is 0. The third-order valence-electron chi connectivity index (χ3n) is 2.43. The van der Waals surface area contributed by atoms with Crippen LogP contribution in [0, 0.1) is 0 Å². The molecular weight excluding hydrogens is 212 g/mol. The Hall–Kier alpha value is -1.74. The highest BCUT2D eigenvalue weighted by Gasteiger charge is 2.06. The minimum Gasteiger partial charge on any atom is -0.492 e. The lowest BCUT2D eigenvalue weighted by Crippen LogP contribution is -1.73. The van der Waals surface area contributed by atoms with Crippen LogP contribution in [0.1, 0.15) is 0 Å². The molecule has 0 saturated heterocycles. The fourth-order valence-corrected chi connectivity index (χ4v) is 1.77. The Balaban J connectivity index is 0.000000853. The van der Waals surface area contributed by atoms with Crippen molar-refractivity contribution in [2.75, 3.05) is 0 Å². The van der Waals surface area contributed by atoms with Crippen molar-refractivity contribution in [3.05, 3.63) is 36.4 Å². The summed E-state index contributed by atoms with van der Waals surface area (Å²) in [5.74, 6) is 0.0665. The molecule has 3 nitrogen and oxygen atoms in total. The van der Waals surface area contributed by atoms with Gasteiger partial charge in [-0.2, -0.15) is 0 Å². The Bertz CT molecular complexity index is 618. The van der Waals surface area contributed by atoms with Crippen LogP contribution in [0.25, 0.3) is 21.7 Å². The smallest absolute Gasteiger partial charge is 0.238 e. The van der Waals surface area contributed by atoms with E-state index in [1.807, 2.05) is 36.4 Å². The van der Waals surface area contributed by atoms with Crippen LogP contribution in [0.4, 0.5) is 0 Å². The van der Waals surface area contributed by atoms with E-state index >= 15 is 0 Å². The molecule has 0 aliphatic rings. The van der Waals surface area contributed by atoms with E-state index in [1.54, 1.807) is 0 Å². The van der Waals surface area contributed by atoms with E-state index < -0.39 is 0 Å². The third kappa shape index (κ3) is 1.32. The molecular formula is C11H9ClN2O. The number of benzene rings is 2. The number of nitrogens with zero attached hydrogens (tertiary/aromatic N) is 1. The largest absolute Gasteiger partial charge is 0.492 e. The van der Waals surface area contributed by atoms with Crippen LogP contribution in [0.3, 0.4) is 0 Å². The molecule has 2 aromatic carbocycles. The molecule has 0 atom stereocenters. The molecule has 0 bridgehead atoms. The second kappa shape index (κ2) is 3.44. The van der Waals surface area contributed by atoms with E-state index in [9.17, 15) is 5.11 Å². The first-order valence-corrected chi connectivity index (χ1v) is 4.41. The summed E-state index contributed by atoms with van der Waals surface area (Å²) >= 11 is 0. The summed E-state index contributed by atoms with van der Waals surface area (Å²) in [7, 11) is 0. The van der Waals surface area contributed by atoms with Gasteiger partial charge in [-0.25, -0.2) is 0 Å². The number of aromatic nitrogens is 2. The summed E-state index contributed by atoms with van der Waals surface area (Å²) in [6.07, 6.45) is 0. The van der Waals surface area contributed by atoms with Crippen molar-refractivity contribution in [1.29, 1.82) is 0 Å². The van der Waals surface area contributed by atoms with Crippen molar-refractivity contribution in [3.63, 3.8) is 0 Å². The minimum absolute atomic E-state index is 0. The maximum Gasteiger partial charge on any atom is 0.238 e. The highest BCUT2D eigenvalue weighted by Crippen LogP contribution is 2.29. The van der Waals surface area contributed by atoms with Crippen molar-refractivity contribution in [2.24, 2.45) is 0 Å². The molecule has 15 heavy (non-hydrogen) atoms. The zero-order valence-electron chi connectivity index (χ0n) is 7.77. The number of fused-ring (bicyclic) bond motifs is 3. The Kier molecular flexibility index (Phi) is 2.25. The maximum atomic E-state index is 9.57. The summed E-state index contributed by atoms with van der Waals surface area (Å²) in [5.41, 5.74) is 0.862. The van der Waals surface area contributed by atoms with Gasteiger partial charge in [0.05, 0.1) is 10.9 Å². The lowest BCUT2D eigenvalue weighted by atomic mass is 10.1. The Morgan fingerprint density at radius 1 is 1.07 bits per heavy atom. The number of aromatic amines is 1. The van der Waals surface area contributed by atoms with Crippen molar-refractivity contribution in [3.8, 4) is 5.88 Å². The molecule has 0 fully saturated rings. The van der Waals surface area contributed by atoms with Gasteiger partial charge in [-0.3, -0.25) is 5.10 Å². The van der Waals surface area contributed by atoms with Gasteiger partial charge in [-0.1, -0.05) is 30.3 Å². The molecule has 2 N–H and O–H groups in total. The van der Waals surface area contributed by atoms with E-state index in [2.05, 4.69) is 10.2 Å². The van der Waals surface area contributed by atoms with Crippen LogP contribution in [-0.2, 0) is 0 Å². The van der Waals surface area contributed by atoms with Gasteiger partial charge in [0, 0.05) is 0 Å². The van der Waals surface area contributed by atoms with Crippen LogP contribution in [0.5, 0.6) is 5.88 Å². The van der Waals surface area contributed by atoms with Crippen LogP contribution >= 0.6 is 12.4 Å². The Morgan fingerprint density at radius 3 is 2.73 bits per heavy atom. The fourth-order valence-electron chi connectivity index (χ4n) is 1.77. The molecule has 0 spiro atoms. The second-order valence-corrected chi connectivity index (χ2v) is 3.26. The standard InChI is InChI=1S/C11H8N2O.ClH/c14-11-10-8-4-2-1-3-7(8)5-6-9(10)12-13-11;/h1-6H,(H2,12,13,14);1H. The summed E-state index contributed by atoms with van der Waals surface area (Å²) < 4.78 is 0. The van der Waals surface area contributed by atoms with Gasteiger partial charge < -0.3 is 5.11 Å². The number of halogens is 1. The topological polar surface area (TPSA) is 48.9 Å². The fraction of sp³-hybridized carbons (Fsp3) is 0. The van der Waals surface area contributed by atoms with E-state index in [0.29, 0.717) is 0 Å². The van der Waals surface area contributed by atoms with Gasteiger partial charge >= 0.3 is 0 Å². The van der Waals surface area contributed by atoms with Gasteiger partial charge in [-0.05, 0) is 16.8 Å². The SMILES string of the molecule is Cl.Oc1n[nH]c2ccc3ccccc3c12. The maximum absolute atomic E-state index is 9.57. The molecule has 3 rings (SSSR count). The number of H-pyrrole nitrogens is 1. The zero-order chi connectivity index (χ0) is 9.54. The van der Waals surface area contributed by atoms with Gasteiger partial charge in [0.25, 0.3) is 0 Å². The Morgan fingerprint density at radius 2 is 1.87 bits per heavy atom. The van der Waals surface area contributed by atoms with Crippen LogP contribution in [0.2, 0.25) is 0 Å². The summed E-state index contributed by atoms with van der Waals surface area (Å²) in [5, 5.41) is 19.1. The molecule has 0 amide bonds. The molecule has 0 saturated carbocycles. The quantitative estimate of drug-likeness (QED) is 0.612. The summed E-state index contributed by atoms with van der Waals surface area (Å²) in [6.45, 7) is 0. The van der Waals surface area contributed by atoms with E-state index in [1.165, 1.54) is 0 Å². The van der Waals surface area contributed by atoms with Crippen molar-refractivity contribution in [2.45, 2.75) is 0 Å². The molecule has 0 radical (unpaired) electrons. The third-order valence-corrected chi connectivity index (χ3v) is 2.43. The van der Waals surface area contributed by atoms with Gasteiger partial charge in [0.2, 0.25) is 5.88 Å². The first-order valence-electron chi connectivity index (χ1n) is 4.41. The molecule has 0 aliphatic heterocycles.